The topological polar surface area (TPSA) is 24.5 Å². The fraction of sp³-hybridized carbons (Fsp3) is 0.625. The molecule has 1 aromatic rings. The number of nitrogens with one attached hydrogen (secondary N) is 1. The number of nitrogens with zero attached hydrogens (tertiary/aromatic N) is 1. The van der Waals surface area contributed by atoms with E-state index in [0.29, 0.717) is 6.04 Å². The van der Waals surface area contributed by atoms with Gasteiger partial charge in [-0.15, -0.1) is 0 Å². The van der Waals surface area contributed by atoms with E-state index in [-0.39, 0.29) is 0 Å². The lowest BCUT2D eigenvalue weighted by Crippen LogP contribution is -2.34. The fourth-order valence-electron chi connectivity index (χ4n) is 3.11. The van der Waals surface area contributed by atoms with Crippen molar-refractivity contribution in [3.63, 3.8) is 0 Å². The summed E-state index contributed by atoms with van der Waals surface area (Å²) in [5.41, 5.74) is 4.35. The molecule has 0 bridgehead atoms. The molecular weight excluding hydrogens is 236 g/mol. The second-order valence-corrected chi connectivity index (χ2v) is 5.76. The quantitative estimate of drug-likeness (QED) is 0.903. The molecule has 19 heavy (non-hydrogen) atoms. The monoisotopic (exact) mass is 260 g/mol. The molecule has 3 nitrogen and oxygen atoms in total. The van der Waals surface area contributed by atoms with Crippen molar-refractivity contribution in [3.8, 4) is 0 Å². The van der Waals surface area contributed by atoms with Gasteiger partial charge < -0.3 is 15.0 Å². The van der Waals surface area contributed by atoms with Gasteiger partial charge in [-0.1, -0.05) is 12.1 Å². The molecule has 2 heterocycles. The van der Waals surface area contributed by atoms with Crippen LogP contribution in [-0.4, -0.2) is 32.8 Å². The third-order valence-electron chi connectivity index (χ3n) is 4.31. The van der Waals surface area contributed by atoms with Crippen LogP contribution in [0.15, 0.2) is 18.2 Å². The smallest absolute Gasteiger partial charge is 0.0480 e. The number of hydrogen-bond donors (Lipinski definition) is 1. The summed E-state index contributed by atoms with van der Waals surface area (Å²) in [5.74, 6) is 0. The summed E-state index contributed by atoms with van der Waals surface area (Å²) in [6, 6.07) is 7.58. The van der Waals surface area contributed by atoms with Crippen LogP contribution in [0.3, 0.4) is 0 Å². The van der Waals surface area contributed by atoms with Gasteiger partial charge in [0.25, 0.3) is 0 Å². The van der Waals surface area contributed by atoms with Gasteiger partial charge in [-0.05, 0) is 42.9 Å². The maximum Gasteiger partial charge on any atom is 0.0480 e. The van der Waals surface area contributed by atoms with Crippen molar-refractivity contribution in [2.45, 2.75) is 38.3 Å². The summed E-state index contributed by atoms with van der Waals surface area (Å²) >= 11 is 0. The minimum Gasteiger partial charge on any atom is -0.381 e. The van der Waals surface area contributed by atoms with Gasteiger partial charge in [-0.25, -0.2) is 0 Å². The van der Waals surface area contributed by atoms with E-state index in [9.17, 15) is 0 Å². The molecule has 0 saturated carbocycles. The van der Waals surface area contributed by atoms with E-state index >= 15 is 0 Å². The Morgan fingerprint density at radius 1 is 1.32 bits per heavy atom. The summed E-state index contributed by atoms with van der Waals surface area (Å²) < 4.78 is 5.39. The van der Waals surface area contributed by atoms with Crippen LogP contribution in [0.5, 0.6) is 0 Å². The van der Waals surface area contributed by atoms with Gasteiger partial charge in [-0.3, -0.25) is 0 Å². The molecular formula is C16H24N2O. The van der Waals surface area contributed by atoms with E-state index in [0.717, 1.165) is 32.6 Å². The van der Waals surface area contributed by atoms with Crippen LogP contribution in [0, 0.1) is 0 Å². The molecule has 2 aliphatic rings. The molecule has 0 unspecified atom stereocenters. The highest BCUT2D eigenvalue weighted by Gasteiger charge is 2.15. The molecule has 104 valence electrons. The number of aryl methyl sites for hydroxylation is 1. The second-order valence-electron chi connectivity index (χ2n) is 5.76. The maximum absolute atomic E-state index is 5.39. The first-order valence-electron chi connectivity index (χ1n) is 7.47. The van der Waals surface area contributed by atoms with Gasteiger partial charge in [0.15, 0.2) is 0 Å². The zero-order chi connectivity index (χ0) is 13.1. The molecule has 0 aliphatic carbocycles. The van der Waals surface area contributed by atoms with Crippen LogP contribution in [-0.2, 0) is 17.7 Å². The summed E-state index contributed by atoms with van der Waals surface area (Å²) in [6.45, 7) is 3.99. The van der Waals surface area contributed by atoms with E-state index in [1.165, 1.54) is 36.2 Å². The number of benzene rings is 1. The molecule has 1 saturated heterocycles. The zero-order valence-corrected chi connectivity index (χ0v) is 11.8. The lowest BCUT2D eigenvalue weighted by atomic mass is 9.99. The minimum absolute atomic E-state index is 0.632. The second kappa shape index (κ2) is 5.93. The Morgan fingerprint density at radius 3 is 3.00 bits per heavy atom. The highest BCUT2D eigenvalue weighted by atomic mass is 16.5. The van der Waals surface area contributed by atoms with Gasteiger partial charge in [0.1, 0.15) is 0 Å². The third kappa shape index (κ3) is 3.10. The molecule has 3 rings (SSSR count). The molecule has 1 fully saturated rings. The molecule has 0 amide bonds. The van der Waals surface area contributed by atoms with Crippen LogP contribution in [0.25, 0.3) is 0 Å². The molecule has 2 aliphatic heterocycles. The third-order valence-corrected chi connectivity index (χ3v) is 4.31. The van der Waals surface area contributed by atoms with Crippen LogP contribution in [0.2, 0.25) is 0 Å². The Labute approximate surface area is 115 Å². The van der Waals surface area contributed by atoms with Gasteiger partial charge >= 0.3 is 0 Å². The summed E-state index contributed by atoms with van der Waals surface area (Å²) in [7, 11) is 2.19. The summed E-state index contributed by atoms with van der Waals surface area (Å²) in [4.78, 5) is 2.37. The van der Waals surface area contributed by atoms with Crippen LogP contribution in [0.4, 0.5) is 5.69 Å². The van der Waals surface area contributed by atoms with Crippen molar-refractivity contribution < 1.29 is 4.74 Å². The van der Waals surface area contributed by atoms with Crippen molar-refractivity contribution in [1.82, 2.24) is 5.32 Å². The molecule has 0 atom stereocenters. The SMILES string of the molecule is CN1CCCc2cc(CNC3CCOCC3)ccc21. The van der Waals surface area contributed by atoms with Gasteiger partial charge in [-0.2, -0.15) is 0 Å². The minimum atomic E-state index is 0.632. The normalized spacial score (nSPS) is 20.4. The molecule has 0 spiro atoms. The van der Waals surface area contributed by atoms with Crippen LogP contribution >= 0.6 is 0 Å². The number of hydrogen-bond acceptors (Lipinski definition) is 3. The molecule has 1 aromatic carbocycles. The van der Waals surface area contributed by atoms with E-state index in [2.05, 4.69) is 35.5 Å². The molecule has 0 aromatic heterocycles. The van der Waals surface area contributed by atoms with E-state index in [1.807, 2.05) is 0 Å². The van der Waals surface area contributed by atoms with Gasteiger partial charge in [0.2, 0.25) is 0 Å². The highest BCUT2D eigenvalue weighted by Crippen LogP contribution is 2.26. The van der Waals surface area contributed by atoms with Gasteiger partial charge in [0, 0.05) is 45.1 Å². The first kappa shape index (κ1) is 12.9. The number of ether oxygens (including phenoxy) is 1. The summed E-state index contributed by atoms with van der Waals surface area (Å²) in [6.07, 6.45) is 4.80. The van der Waals surface area contributed by atoms with Crippen LogP contribution in [0.1, 0.15) is 30.4 Å². The molecule has 0 radical (unpaired) electrons. The van der Waals surface area contributed by atoms with E-state index < -0.39 is 0 Å². The average Bonchev–Trinajstić information content (AvgIpc) is 2.46. The Hall–Kier alpha value is -1.06. The summed E-state index contributed by atoms with van der Waals surface area (Å²) in [5, 5.41) is 3.66. The Kier molecular flexibility index (Phi) is 4.04. The number of fused-ring (bicyclic) bond motifs is 1. The van der Waals surface area contributed by atoms with E-state index in [4.69, 9.17) is 4.74 Å². The predicted octanol–water partition coefficient (Wildman–Crippen LogP) is 2.34. The highest BCUT2D eigenvalue weighted by molar-refractivity contribution is 5.56. The van der Waals surface area contributed by atoms with Crippen molar-refractivity contribution in [2.24, 2.45) is 0 Å². The first-order chi connectivity index (χ1) is 9.33. The fourth-order valence-corrected chi connectivity index (χ4v) is 3.11. The van der Waals surface area contributed by atoms with Crippen molar-refractivity contribution >= 4 is 5.69 Å². The lowest BCUT2D eigenvalue weighted by Gasteiger charge is -2.28. The van der Waals surface area contributed by atoms with Crippen LogP contribution < -0.4 is 10.2 Å². The lowest BCUT2D eigenvalue weighted by molar-refractivity contribution is 0.0776. The van der Waals surface area contributed by atoms with Crippen molar-refractivity contribution in [3.05, 3.63) is 29.3 Å². The first-order valence-corrected chi connectivity index (χ1v) is 7.47. The predicted molar refractivity (Wildman–Crippen MR) is 78.7 cm³/mol. The number of rotatable bonds is 3. The average molecular weight is 260 g/mol. The number of anilines is 1. The standard InChI is InChI=1S/C16H24N2O/c1-18-8-2-3-14-11-13(4-5-16(14)18)12-17-15-6-9-19-10-7-15/h4-5,11,15,17H,2-3,6-10,12H2,1H3. The molecule has 3 heteroatoms. The van der Waals surface area contributed by atoms with Crippen molar-refractivity contribution in [2.75, 3.05) is 31.7 Å². The zero-order valence-electron chi connectivity index (χ0n) is 11.8. The van der Waals surface area contributed by atoms with Crippen molar-refractivity contribution in [1.29, 1.82) is 0 Å². The van der Waals surface area contributed by atoms with E-state index in [1.54, 1.807) is 0 Å². The Morgan fingerprint density at radius 2 is 2.16 bits per heavy atom. The van der Waals surface area contributed by atoms with Gasteiger partial charge in [0.05, 0.1) is 0 Å². The Bertz CT molecular complexity index is 427. The molecule has 1 N–H and O–H groups in total. The maximum atomic E-state index is 5.39. The largest absolute Gasteiger partial charge is 0.381 e. The Balaban J connectivity index is 1.62.